The third kappa shape index (κ3) is 3.61. The van der Waals surface area contributed by atoms with Gasteiger partial charge in [-0.3, -0.25) is 4.79 Å². The summed E-state index contributed by atoms with van der Waals surface area (Å²) in [6.45, 7) is 2.08. The number of halogens is 3. The monoisotopic (exact) mass is 414 g/mol. The van der Waals surface area contributed by atoms with Crippen LogP contribution in [0.2, 0.25) is 5.02 Å². The van der Waals surface area contributed by atoms with E-state index in [2.05, 4.69) is 9.97 Å². The molecule has 0 radical (unpaired) electrons. The molecule has 1 N–H and O–H groups in total. The first-order valence-corrected chi connectivity index (χ1v) is 9.24. The number of rotatable bonds is 4. The number of nitrogens with zero attached hydrogens (tertiary/aromatic N) is 3. The van der Waals surface area contributed by atoms with Crippen molar-refractivity contribution in [2.24, 2.45) is 7.05 Å². The first-order chi connectivity index (χ1) is 13.8. The van der Waals surface area contributed by atoms with Crippen molar-refractivity contribution in [3.8, 4) is 0 Å². The number of aromatic amines is 1. The molecule has 2 aromatic heterocycles. The summed E-state index contributed by atoms with van der Waals surface area (Å²) in [6.07, 6.45) is 1.87. The molecule has 0 fully saturated rings. The van der Waals surface area contributed by atoms with Crippen molar-refractivity contribution in [3.05, 3.63) is 86.9 Å². The standard InChI is InChI=1S/C21H17ClF2N4O/c1-12-10-27(2)21(25-12)28(15-5-3-4-14(22)9-15)11-13-8-18(29)26-20-16(13)6-7-17(23)19(20)24/h3-10H,11H2,1-2H3,(H,26,29). The molecule has 0 aliphatic heterocycles. The molecule has 0 saturated carbocycles. The molecule has 0 aliphatic carbocycles. The Morgan fingerprint density at radius 1 is 1.21 bits per heavy atom. The van der Waals surface area contributed by atoms with E-state index in [4.69, 9.17) is 11.6 Å². The highest BCUT2D eigenvalue weighted by molar-refractivity contribution is 6.30. The van der Waals surface area contributed by atoms with Crippen LogP contribution in [0.15, 0.2) is 53.5 Å². The molecule has 148 valence electrons. The molecule has 4 rings (SSSR count). The van der Waals surface area contributed by atoms with E-state index in [0.29, 0.717) is 21.9 Å². The van der Waals surface area contributed by atoms with E-state index in [1.54, 1.807) is 12.1 Å². The maximum Gasteiger partial charge on any atom is 0.248 e. The van der Waals surface area contributed by atoms with Gasteiger partial charge in [0.1, 0.15) is 0 Å². The van der Waals surface area contributed by atoms with Crippen LogP contribution in [0, 0.1) is 18.6 Å². The highest BCUT2D eigenvalue weighted by Crippen LogP contribution is 2.30. The van der Waals surface area contributed by atoms with Crippen molar-refractivity contribution in [1.29, 1.82) is 0 Å². The first-order valence-electron chi connectivity index (χ1n) is 8.86. The van der Waals surface area contributed by atoms with Crippen molar-refractivity contribution in [1.82, 2.24) is 14.5 Å². The molecule has 0 amide bonds. The zero-order chi connectivity index (χ0) is 20.7. The Balaban J connectivity index is 1.91. The lowest BCUT2D eigenvalue weighted by molar-refractivity contribution is 0.515. The number of pyridine rings is 1. The fourth-order valence-electron chi connectivity index (χ4n) is 3.41. The van der Waals surface area contributed by atoms with Gasteiger partial charge < -0.3 is 14.5 Å². The lowest BCUT2D eigenvalue weighted by atomic mass is 10.1. The van der Waals surface area contributed by atoms with Crippen molar-refractivity contribution in [2.75, 3.05) is 4.90 Å². The average Bonchev–Trinajstić information content (AvgIpc) is 3.00. The van der Waals surface area contributed by atoms with Gasteiger partial charge in [0.2, 0.25) is 11.5 Å². The molecule has 4 aromatic rings. The van der Waals surface area contributed by atoms with Crippen molar-refractivity contribution >= 4 is 34.1 Å². The molecule has 2 heterocycles. The molecule has 8 heteroatoms. The van der Waals surface area contributed by atoms with Crippen molar-refractivity contribution in [2.45, 2.75) is 13.5 Å². The number of imidazole rings is 1. The Bertz CT molecular complexity index is 1280. The first kappa shape index (κ1) is 19.1. The minimum absolute atomic E-state index is 0.158. The van der Waals surface area contributed by atoms with Gasteiger partial charge in [0.15, 0.2) is 11.6 Å². The van der Waals surface area contributed by atoms with Gasteiger partial charge in [0.05, 0.1) is 17.8 Å². The van der Waals surface area contributed by atoms with Crippen LogP contribution in [0.3, 0.4) is 0 Å². The molecule has 5 nitrogen and oxygen atoms in total. The van der Waals surface area contributed by atoms with Crippen LogP contribution in [-0.4, -0.2) is 14.5 Å². The summed E-state index contributed by atoms with van der Waals surface area (Å²) in [6, 6.07) is 11.1. The van der Waals surface area contributed by atoms with Gasteiger partial charge in [-0.1, -0.05) is 17.7 Å². The normalized spacial score (nSPS) is 11.2. The maximum absolute atomic E-state index is 14.3. The van der Waals surface area contributed by atoms with E-state index in [0.717, 1.165) is 17.4 Å². The number of anilines is 2. The summed E-state index contributed by atoms with van der Waals surface area (Å²) in [5, 5.41) is 0.962. The summed E-state index contributed by atoms with van der Waals surface area (Å²) < 4.78 is 29.8. The Kier molecular flexibility index (Phi) is 4.84. The molecule has 0 bridgehead atoms. The van der Waals surface area contributed by atoms with Gasteiger partial charge in [-0.25, -0.2) is 13.8 Å². The molecule has 0 aliphatic rings. The number of aryl methyl sites for hydroxylation is 2. The van der Waals surface area contributed by atoms with E-state index < -0.39 is 17.2 Å². The lowest BCUT2D eigenvalue weighted by Gasteiger charge is -2.25. The quantitative estimate of drug-likeness (QED) is 0.520. The zero-order valence-electron chi connectivity index (χ0n) is 15.7. The average molecular weight is 415 g/mol. The summed E-state index contributed by atoms with van der Waals surface area (Å²) in [7, 11) is 1.86. The van der Waals surface area contributed by atoms with Crippen molar-refractivity contribution in [3.63, 3.8) is 0 Å². The molecule has 0 spiro atoms. The molecule has 29 heavy (non-hydrogen) atoms. The minimum atomic E-state index is -1.08. The van der Waals surface area contributed by atoms with Gasteiger partial charge in [0.25, 0.3) is 0 Å². The van der Waals surface area contributed by atoms with Gasteiger partial charge in [-0.15, -0.1) is 0 Å². The molecule has 0 saturated heterocycles. The van der Waals surface area contributed by atoms with Gasteiger partial charge >= 0.3 is 0 Å². The summed E-state index contributed by atoms with van der Waals surface area (Å²) in [4.78, 5) is 21.0. The van der Waals surface area contributed by atoms with E-state index in [-0.39, 0.29) is 12.1 Å². The number of H-pyrrole nitrogens is 1. The zero-order valence-corrected chi connectivity index (χ0v) is 16.5. The van der Waals surface area contributed by atoms with Crippen molar-refractivity contribution < 1.29 is 8.78 Å². The largest absolute Gasteiger partial charge is 0.320 e. The Labute approximate surface area is 170 Å². The van der Waals surface area contributed by atoms with Gasteiger partial charge in [-0.05, 0) is 42.8 Å². The van der Waals surface area contributed by atoms with Gasteiger partial charge in [0, 0.05) is 35.4 Å². The highest BCUT2D eigenvalue weighted by Gasteiger charge is 2.19. The van der Waals surface area contributed by atoms with Crippen LogP contribution < -0.4 is 10.5 Å². The van der Waals surface area contributed by atoms with Gasteiger partial charge in [-0.2, -0.15) is 0 Å². The number of aromatic nitrogens is 3. The summed E-state index contributed by atoms with van der Waals surface area (Å²) in [5.41, 5.74) is 1.43. The third-order valence-electron chi connectivity index (χ3n) is 4.66. The van der Waals surface area contributed by atoms with E-state index in [1.165, 1.54) is 12.1 Å². The summed E-state index contributed by atoms with van der Waals surface area (Å²) in [5.74, 6) is -1.47. The molecule has 0 atom stereocenters. The van der Waals surface area contributed by atoms with Crippen LogP contribution in [0.4, 0.5) is 20.4 Å². The number of benzene rings is 2. The SMILES string of the molecule is Cc1cn(C)c(N(Cc2cc(=O)[nH]c3c(F)c(F)ccc23)c2cccc(Cl)c2)n1. The second-order valence-electron chi connectivity index (χ2n) is 6.80. The fraction of sp³-hybridized carbons (Fsp3) is 0.143. The second-order valence-corrected chi connectivity index (χ2v) is 7.24. The van der Waals surface area contributed by atoms with Crippen LogP contribution in [0.1, 0.15) is 11.3 Å². The number of nitrogens with one attached hydrogen (secondary N) is 1. The molecule has 0 unspecified atom stereocenters. The van der Waals surface area contributed by atoms with E-state index in [9.17, 15) is 13.6 Å². The van der Waals surface area contributed by atoms with Crippen LogP contribution in [-0.2, 0) is 13.6 Å². The highest BCUT2D eigenvalue weighted by atomic mass is 35.5. The Hall–Kier alpha value is -3.19. The molecular formula is C21H17ClF2N4O. The number of hydrogen-bond acceptors (Lipinski definition) is 3. The smallest absolute Gasteiger partial charge is 0.248 e. The number of fused-ring (bicyclic) bond motifs is 1. The Morgan fingerprint density at radius 2 is 2.00 bits per heavy atom. The minimum Gasteiger partial charge on any atom is -0.320 e. The lowest BCUT2D eigenvalue weighted by Crippen LogP contribution is -2.21. The second kappa shape index (κ2) is 7.33. The molecular weight excluding hydrogens is 398 g/mol. The third-order valence-corrected chi connectivity index (χ3v) is 4.89. The van der Waals surface area contributed by atoms with Crippen LogP contribution >= 0.6 is 11.6 Å². The number of hydrogen-bond donors (Lipinski definition) is 1. The molecule has 2 aromatic carbocycles. The van der Waals surface area contributed by atoms with E-state index in [1.807, 2.05) is 41.8 Å². The summed E-state index contributed by atoms with van der Waals surface area (Å²) >= 11 is 6.18. The maximum atomic E-state index is 14.3. The van der Waals surface area contributed by atoms with Crippen LogP contribution in [0.5, 0.6) is 0 Å². The van der Waals surface area contributed by atoms with Crippen LogP contribution in [0.25, 0.3) is 10.9 Å². The topological polar surface area (TPSA) is 53.9 Å². The predicted molar refractivity (Wildman–Crippen MR) is 110 cm³/mol. The Morgan fingerprint density at radius 3 is 2.69 bits per heavy atom. The fourth-order valence-corrected chi connectivity index (χ4v) is 3.60. The predicted octanol–water partition coefficient (Wildman–Crippen LogP) is 4.84. The van der Waals surface area contributed by atoms with E-state index >= 15 is 0 Å².